The summed E-state index contributed by atoms with van der Waals surface area (Å²) in [6.45, 7) is 15.9. The van der Waals surface area contributed by atoms with E-state index < -0.39 is 0 Å². The van der Waals surface area contributed by atoms with Crippen molar-refractivity contribution in [3.8, 4) is 0 Å². The van der Waals surface area contributed by atoms with Crippen LogP contribution >= 0.6 is 0 Å². The molecule has 1 aromatic carbocycles. The largest absolute Gasteiger partial charge is 0.372 e. The molecule has 0 saturated carbocycles. The molecule has 4 heteroatoms. The van der Waals surface area contributed by atoms with E-state index in [1.54, 1.807) is 12.1 Å². The van der Waals surface area contributed by atoms with Crippen LogP contribution in [0.5, 0.6) is 0 Å². The molecule has 0 fully saturated rings. The second kappa shape index (κ2) is 13.1. The Morgan fingerprint density at radius 1 is 1.08 bits per heavy atom. The highest BCUT2D eigenvalue weighted by molar-refractivity contribution is 5.26. The maximum absolute atomic E-state index is 13.4. The predicted molar refractivity (Wildman–Crippen MR) is 99.7 cm³/mol. The van der Waals surface area contributed by atoms with Crippen LogP contribution in [0.4, 0.5) is 8.78 Å². The van der Waals surface area contributed by atoms with Gasteiger partial charge in [0.1, 0.15) is 11.6 Å². The maximum atomic E-state index is 13.4. The van der Waals surface area contributed by atoms with Crippen molar-refractivity contribution in [3.05, 3.63) is 84.8 Å². The molecule has 1 rings (SSSR count). The summed E-state index contributed by atoms with van der Waals surface area (Å²) in [6, 6.07) is 6.68. The lowest BCUT2D eigenvalue weighted by Crippen LogP contribution is -2.28. The minimum absolute atomic E-state index is 0.205. The Morgan fingerprint density at radius 3 is 2.29 bits per heavy atom. The van der Waals surface area contributed by atoms with Crippen LogP contribution in [-0.2, 0) is 6.42 Å². The van der Waals surface area contributed by atoms with Gasteiger partial charge in [-0.2, -0.15) is 0 Å². The first-order chi connectivity index (χ1) is 11.6. The fourth-order valence-corrected chi connectivity index (χ4v) is 1.91. The van der Waals surface area contributed by atoms with Gasteiger partial charge in [-0.3, -0.25) is 0 Å². The van der Waals surface area contributed by atoms with Gasteiger partial charge in [0.25, 0.3) is 0 Å². The van der Waals surface area contributed by atoms with Crippen molar-refractivity contribution in [2.24, 2.45) is 0 Å². The van der Waals surface area contributed by atoms with E-state index in [0.29, 0.717) is 42.9 Å². The zero-order valence-electron chi connectivity index (χ0n) is 14.7. The van der Waals surface area contributed by atoms with Gasteiger partial charge in [0.05, 0.1) is 5.82 Å². The van der Waals surface area contributed by atoms with Crippen molar-refractivity contribution in [3.63, 3.8) is 0 Å². The molecule has 0 aliphatic rings. The zero-order chi connectivity index (χ0) is 18.4. The van der Waals surface area contributed by atoms with Crippen LogP contribution in [0.25, 0.3) is 0 Å². The highest BCUT2D eigenvalue weighted by Gasteiger charge is 2.02. The van der Waals surface area contributed by atoms with Gasteiger partial charge >= 0.3 is 0 Å². The zero-order valence-corrected chi connectivity index (χ0v) is 14.7. The SMILES string of the molecule is C=C/C(F)=C(\C=C)CCNC(=C)NCCc1ccccc1F.CC. The standard InChI is InChI=1S/C18H22F2N2.C2H6/c1-4-15(17(19)5-2)10-12-21-14(3)22-13-11-16-8-6-7-9-18(16)20;1-2/h4-9,21-22H,1-3,10-13H2;1-2H3/b17-15-;. The first-order valence-electron chi connectivity index (χ1n) is 8.12. The molecule has 0 saturated heterocycles. The van der Waals surface area contributed by atoms with Crippen molar-refractivity contribution in [1.82, 2.24) is 10.6 Å². The highest BCUT2D eigenvalue weighted by Crippen LogP contribution is 2.11. The smallest absolute Gasteiger partial charge is 0.126 e. The van der Waals surface area contributed by atoms with Crippen LogP contribution < -0.4 is 10.6 Å². The lowest BCUT2D eigenvalue weighted by molar-refractivity contribution is 0.600. The van der Waals surface area contributed by atoms with Crippen molar-refractivity contribution >= 4 is 0 Å². The molecule has 0 spiro atoms. The first-order valence-corrected chi connectivity index (χ1v) is 8.12. The minimum atomic E-state index is -0.366. The monoisotopic (exact) mass is 334 g/mol. The average Bonchev–Trinajstić information content (AvgIpc) is 2.61. The van der Waals surface area contributed by atoms with Gasteiger partial charge < -0.3 is 10.6 Å². The van der Waals surface area contributed by atoms with E-state index in [0.717, 1.165) is 0 Å². The van der Waals surface area contributed by atoms with Gasteiger partial charge in [-0.25, -0.2) is 8.78 Å². The van der Waals surface area contributed by atoms with Crippen LogP contribution in [0.3, 0.4) is 0 Å². The van der Waals surface area contributed by atoms with E-state index in [4.69, 9.17) is 0 Å². The molecule has 1 aromatic rings. The fourth-order valence-electron chi connectivity index (χ4n) is 1.91. The van der Waals surface area contributed by atoms with E-state index in [-0.39, 0.29) is 11.6 Å². The van der Waals surface area contributed by atoms with E-state index >= 15 is 0 Å². The Kier molecular flexibility index (Phi) is 11.8. The summed E-state index contributed by atoms with van der Waals surface area (Å²) in [5.74, 6) is 0.0530. The van der Waals surface area contributed by atoms with Crippen LogP contribution in [-0.4, -0.2) is 13.1 Å². The molecule has 0 bridgehead atoms. The first kappa shape index (κ1) is 21.6. The molecule has 24 heavy (non-hydrogen) atoms. The molecule has 132 valence electrons. The van der Waals surface area contributed by atoms with Crippen molar-refractivity contribution in [2.45, 2.75) is 26.7 Å². The van der Waals surface area contributed by atoms with Gasteiger partial charge in [-0.15, -0.1) is 0 Å². The molecule has 0 aliphatic carbocycles. The molecule has 0 aromatic heterocycles. The predicted octanol–water partition coefficient (Wildman–Crippen LogP) is 5.03. The van der Waals surface area contributed by atoms with Gasteiger partial charge in [0, 0.05) is 13.1 Å². The molecule has 0 radical (unpaired) electrons. The number of allylic oxidation sites excluding steroid dienone is 3. The summed E-state index contributed by atoms with van der Waals surface area (Å²) in [7, 11) is 0. The average molecular weight is 334 g/mol. The molecule has 2 nitrogen and oxygen atoms in total. The Labute approximate surface area is 144 Å². The number of hydrogen-bond acceptors (Lipinski definition) is 2. The minimum Gasteiger partial charge on any atom is -0.372 e. The lowest BCUT2D eigenvalue weighted by Gasteiger charge is -2.12. The summed E-state index contributed by atoms with van der Waals surface area (Å²) in [4.78, 5) is 0. The molecular formula is C20H28F2N2. The van der Waals surface area contributed by atoms with Gasteiger partial charge in [-0.05, 0) is 36.1 Å². The topological polar surface area (TPSA) is 24.1 Å². The third-order valence-corrected chi connectivity index (χ3v) is 3.16. The Balaban J connectivity index is 0.00000254. The maximum Gasteiger partial charge on any atom is 0.126 e. The van der Waals surface area contributed by atoms with Crippen molar-refractivity contribution < 1.29 is 8.78 Å². The van der Waals surface area contributed by atoms with E-state index in [9.17, 15) is 8.78 Å². The van der Waals surface area contributed by atoms with Gasteiger partial charge in [0.2, 0.25) is 0 Å². The summed E-state index contributed by atoms with van der Waals surface area (Å²) in [5.41, 5.74) is 1.16. The molecule has 0 heterocycles. The summed E-state index contributed by atoms with van der Waals surface area (Å²) < 4.78 is 26.8. The van der Waals surface area contributed by atoms with Crippen LogP contribution in [0.15, 0.2) is 73.4 Å². The number of halogens is 2. The third kappa shape index (κ3) is 8.32. The second-order valence-electron chi connectivity index (χ2n) is 4.70. The molecule has 0 aliphatic heterocycles. The Hall–Kier alpha value is -2.36. The highest BCUT2D eigenvalue weighted by atomic mass is 19.1. The van der Waals surface area contributed by atoms with E-state index in [2.05, 4.69) is 30.4 Å². The van der Waals surface area contributed by atoms with Crippen molar-refractivity contribution in [1.29, 1.82) is 0 Å². The van der Waals surface area contributed by atoms with E-state index in [1.807, 2.05) is 19.9 Å². The number of hydrogen-bond donors (Lipinski definition) is 2. The normalized spacial score (nSPS) is 10.7. The van der Waals surface area contributed by atoms with Crippen LogP contribution in [0, 0.1) is 5.82 Å². The lowest BCUT2D eigenvalue weighted by atomic mass is 10.1. The third-order valence-electron chi connectivity index (χ3n) is 3.16. The van der Waals surface area contributed by atoms with Crippen LogP contribution in [0.1, 0.15) is 25.8 Å². The van der Waals surface area contributed by atoms with Crippen molar-refractivity contribution in [2.75, 3.05) is 13.1 Å². The summed E-state index contributed by atoms with van der Waals surface area (Å²) in [6.07, 6.45) is 3.69. The molecule has 0 amide bonds. The molecular weight excluding hydrogens is 306 g/mol. The number of benzene rings is 1. The summed E-state index contributed by atoms with van der Waals surface area (Å²) >= 11 is 0. The number of rotatable bonds is 10. The van der Waals surface area contributed by atoms with Gasteiger partial charge in [0.15, 0.2) is 0 Å². The molecule has 2 N–H and O–H groups in total. The number of nitrogens with one attached hydrogen (secondary N) is 2. The van der Waals surface area contributed by atoms with Crippen LogP contribution in [0.2, 0.25) is 0 Å². The quantitative estimate of drug-likeness (QED) is 0.586. The Morgan fingerprint density at radius 2 is 1.71 bits per heavy atom. The second-order valence-corrected chi connectivity index (χ2v) is 4.70. The Bertz CT molecular complexity index is 563. The molecule has 0 unspecified atom stereocenters. The summed E-state index contributed by atoms with van der Waals surface area (Å²) in [5, 5.41) is 6.11. The van der Waals surface area contributed by atoms with E-state index in [1.165, 1.54) is 18.2 Å². The van der Waals surface area contributed by atoms with Gasteiger partial charge in [-0.1, -0.05) is 57.9 Å². The molecule has 0 atom stereocenters. The fraction of sp³-hybridized carbons (Fsp3) is 0.300.